The summed E-state index contributed by atoms with van der Waals surface area (Å²) in [6.45, 7) is 19.6. The second-order valence-corrected chi connectivity index (χ2v) is 15.8. The van der Waals surface area contributed by atoms with E-state index < -0.39 is 47.5 Å². The zero-order valence-corrected chi connectivity index (χ0v) is 31.4. The smallest absolute Gasteiger partial charge is 0.408 e. The van der Waals surface area contributed by atoms with E-state index in [0.717, 1.165) is 25.7 Å². The number of hydrogen-bond donors (Lipinski definition) is 1. The van der Waals surface area contributed by atoms with Crippen LogP contribution >= 0.6 is 0 Å². The van der Waals surface area contributed by atoms with Gasteiger partial charge in [-0.15, -0.1) is 6.58 Å². The first-order valence-corrected chi connectivity index (χ1v) is 18.5. The maximum atomic E-state index is 14.7. The Bertz CT molecular complexity index is 1600. The fourth-order valence-electron chi connectivity index (χ4n) is 7.83. The molecular weight excluding hydrogens is 648 g/mol. The van der Waals surface area contributed by atoms with Crippen LogP contribution in [0.5, 0.6) is 11.6 Å². The van der Waals surface area contributed by atoms with Crippen LogP contribution in [0.15, 0.2) is 37.4 Å². The van der Waals surface area contributed by atoms with E-state index in [4.69, 9.17) is 23.9 Å². The molecule has 2 aromatic rings. The number of methoxy groups -OCH3 is 1. The lowest BCUT2D eigenvalue weighted by Crippen LogP contribution is -2.57. The summed E-state index contributed by atoms with van der Waals surface area (Å²) in [6, 6.07) is 3.47. The fraction of sp³-hybridized carbons (Fsp3) is 0.625. The average Bonchev–Trinajstić information content (AvgIpc) is 3.63. The van der Waals surface area contributed by atoms with Crippen LogP contribution in [0.1, 0.15) is 85.8 Å². The number of alkyl carbamates (subject to hydrolysis) is 1. The van der Waals surface area contributed by atoms with E-state index >= 15 is 0 Å². The molecule has 3 fully saturated rings. The molecule has 8 atom stereocenters. The number of nitrogens with zero attached hydrogens (tertiary/aromatic N) is 3. The van der Waals surface area contributed by atoms with Crippen molar-refractivity contribution in [2.45, 2.75) is 104 Å². The van der Waals surface area contributed by atoms with Crippen LogP contribution in [-0.4, -0.2) is 77.4 Å². The first-order valence-electron chi connectivity index (χ1n) is 18.5. The Morgan fingerprint density at radius 1 is 1.08 bits per heavy atom. The van der Waals surface area contributed by atoms with E-state index in [-0.39, 0.29) is 31.1 Å². The molecule has 51 heavy (non-hydrogen) atoms. The van der Waals surface area contributed by atoms with Crippen LogP contribution in [0, 0.1) is 35.0 Å². The Hall–Kier alpha value is -4.15. The van der Waals surface area contributed by atoms with Gasteiger partial charge in [0.2, 0.25) is 11.8 Å². The van der Waals surface area contributed by atoms with Crippen molar-refractivity contribution >= 4 is 35.1 Å². The summed E-state index contributed by atoms with van der Waals surface area (Å²) in [5.41, 5.74) is 0.950. The quantitative estimate of drug-likeness (QED) is 0.119. The van der Waals surface area contributed by atoms with Gasteiger partial charge >= 0.3 is 12.1 Å². The van der Waals surface area contributed by atoms with Gasteiger partial charge in [-0.2, -0.15) is 0 Å². The van der Waals surface area contributed by atoms with Crippen molar-refractivity contribution in [3.63, 3.8) is 0 Å². The third-order valence-corrected chi connectivity index (χ3v) is 10.6. The highest BCUT2D eigenvalue weighted by molar-refractivity contribution is 5.91. The van der Waals surface area contributed by atoms with E-state index in [0.29, 0.717) is 46.7 Å². The minimum atomic E-state index is -0.978. The molecule has 1 aromatic carbocycles. The van der Waals surface area contributed by atoms with Crippen LogP contribution in [0.3, 0.4) is 0 Å². The molecule has 1 aliphatic heterocycles. The summed E-state index contributed by atoms with van der Waals surface area (Å²) in [5, 5.41) is 2.93. The maximum Gasteiger partial charge on any atom is 0.408 e. The lowest BCUT2D eigenvalue weighted by molar-refractivity contribution is -0.157. The second kappa shape index (κ2) is 16.0. The van der Waals surface area contributed by atoms with Crippen molar-refractivity contribution in [3.05, 3.63) is 43.1 Å². The molecule has 11 heteroatoms. The fourth-order valence-corrected chi connectivity index (χ4v) is 7.83. The van der Waals surface area contributed by atoms with Gasteiger partial charge in [0.1, 0.15) is 35.7 Å². The number of ether oxygens (including phenoxy) is 4. The number of esters is 1. The highest BCUT2D eigenvalue weighted by atomic mass is 16.6. The van der Waals surface area contributed by atoms with Crippen LogP contribution in [0.25, 0.3) is 17.1 Å². The summed E-state index contributed by atoms with van der Waals surface area (Å²) in [6.07, 6.45) is 7.59. The first kappa shape index (κ1) is 38.1. The Labute approximate surface area is 302 Å². The molecule has 11 nitrogen and oxygen atoms in total. The van der Waals surface area contributed by atoms with Gasteiger partial charge in [0, 0.05) is 12.0 Å². The number of hydrogen-bond acceptors (Lipinski definition) is 9. The van der Waals surface area contributed by atoms with E-state index in [1.54, 1.807) is 25.3 Å². The highest BCUT2D eigenvalue weighted by Crippen LogP contribution is 2.57. The van der Waals surface area contributed by atoms with Gasteiger partial charge in [-0.05, 0) is 85.8 Å². The van der Waals surface area contributed by atoms with Gasteiger partial charge in [-0.25, -0.2) is 19.6 Å². The van der Waals surface area contributed by atoms with E-state index in [1.165, 1.54) is 11.3 Å². The Morgan fingerprint density at radius 3 is 2.49 bits per heavy atom. The molecule has 0 bridgehead atoms. The minimum Gasteiger partial charge on any atom is -0.497 e. The Morgan fingerprint density at radius 2 is 1.84 bits per heavy atom. The minimum absolute atomic E-state index is 0.0772. The number of carbonyl (C=O) groups is 3. The number of nitrogens with one attached hydrogen (secondary N) is 1. The number of carbonyl (C=O) groups excluding carboxylic acids is 3. The molecule has 2 amide bonds. The number of amides is 2. The molecule has 1 unspecified atom stereocenters. The van der Waals surface area contributed by atoms with Crippen molar-refractivity contribution in [2.24, 2.45) is 35.0 Å². The zero-order valence-electron chi connectivity index (χ0n) is 31.4. The summed E-state index contributed by atoms with van der Waals surface area (Å²) in [4.78, 5) is 53.0. The molecule has 2 heterocycles. The molecule has 278 valence electrons. The summed E-state index contributed by atoms with van der Waals surface area (Å²) in [7, 11) is 1.58. The number of fused-ring (bicyclic) bond motifs is 2. The van der Waals surface area contributed by atoms with E-state index in [1.807, 2.05) is 53.7 Å². The topological polar surface area (TPSA) is 129 Å². The lowest BCUT2D eigenvalue weighted by Gasteiger charge is -2.35. The number of aromatic nitrogens is 2. The van der Waals surface area contributed by atoms with Crippen LogP contribution in [0.4, 0.5) is 4.79 Å². The van der Waals surface area contributed by atoms with Gasteiger partial charge in [0.05, 0.1) is 31.3 Å². The SMILES string of the molecule is C=CCCC[C@H]1[C@H](OC(=O)N[C@H](C(=O)N2C[C@H](Oc3nc4cc(OC)ccc4nc3C=C)[C@@H](CC)[C@H]2C(=O)OCC(C)C)C(C)(C)C)CC2C[C@@H]21. The molecule has 2 saturated carbocycles. The van der Waals surface area contributed by atoms with Crippen LogP contribution in [-0.2, 0) is 19.1 Å². The van der Waals surface area contributed by atoms with Gasteiger partial charge < -0.3 is 29.2 Å². The van der Waals surface area contributed by atoms with Gasteiger partial charge in [-0.3, -0.25) is 4.79 Å². The molecule has 5 rings (SSSR count). The lowest BCUT2D eigenvalue weighted by atomic mass is 9.85. The van der Waals surface area contributed by atoms with Crippen molar-refractivity contribution in [3.8, 4) is 11.6 Å². The maximum absolute atomic E-state index is 14.7. The molecule has 1 N–H and O–H groups in total. The predicted molar refractivity (Wildman–Crippen MR) is 196 cm³/mol. The Balaban J connectivity index is 1.40. The molecule has 2 aliphatic carbocycles. The normalized spacial score (nSPS) is 26.0. The third-order valence-electron chi connectivity index (χ3n) is 10.6. The standard InChI is InChI=1S/C40H56N4O7/c1-10-13-14-15-27-28-18-24(28)19-32(27)51-39(47)43-35(40(6,7)8)37(45)44-21-33(26(11-2)34(44)38(46)49-22-23(4)5)50-36-29(12-3)41-30-17-16-25(48-9)20-31(30)42-36/h10,12,16-17,20,23-24,26-28,32-35H,1,3,11,13-15,18-19,21-22H2,2,4-9H3,(H,43,47)/t24?,26-,27-,28+,32-,33+,34+,35-/m1/s1. The molecule has 0 spiro atoms. The van der Waals surface area contributed by atoms with Crippen molar-refractivity contribution in [1.29, 1.82) is 0 Å². The molecule has 3 aliphatic rings. The zero-order chi connectivity index (χ0) is 37.0. The number of unbranched alkanes of at least 4 members (excludes halogenated alkanes) is 1. The molecule has 1 saturated heterocycles. The molecular formula is C40H56N4O7. The monoisotopic (exact) mass is 704 g/mol. The predicted octanol–water partition coefficient (Wildman–Crippen LogP) is 6.99. The third kappa shape index (κ3) is 8.67. The number of rotatable bonds is 15. The van der Waals surface area contributed by atoms with Gasteiger partial charge in [0.25, 0.3) is 0 Å². The van der Waals surface area contributed by atoms with E-state index in [9.17, 15) is 14.4 Å². The van der Waals surface area contributed by atoms with Crippen LogP contribution in [0.2, 0.25) is 0 Å². The molecule has 0 radical (unpaired) electrons. The van der Waals surface area contributed by atoms with Crippen molar-refractivity contribution < 1.29 is 33.3 Å². The van der Waals surface area contributed by atoms with Gasteiger partial charge in [-0.1, -0.05) is 54.2 Å². The first-order chi connectivity index (χ1) is 24.3. The Kier molecular flexibility index (Phi) is 12.0. The number of likely N-dealkylation sites (tertiary alicyclic amines) is 1. The van der Waals surface area contributed by atoms with Crippen molar-refractivity contribution in [2.75, 3.05) is 20.3 Å². The van der Waals surface area contributed by atoms with Gasteiger partial charge in [0.15, 0.2) is 0 Å². The van der Waals surface area contributed by atoms with Crippen LogP contribution < -0.4 is 14.8 Å². The molecule has 1 aromatic heterocycles. The van der Waals surface area contributed by atoms with Crippen molar-refractivity contribution in [1.82, 2.24) is 20.2 Å². The number of benzene rings is 1. The summed E-state index contributed by atoms with van der Waals surface area (Å²) in [5.74, 6) is 1.18. The highest BCUT2D eigenvalue weighted by Gasteiger charge is 2.55. The average molecular weight is 705 g/mol. The number of allylic oxidation sites excluding steroid dienone is 1. The summed E-state index contributed by atoms with van der Waals surface area (Å²) >= 11 is 0. The second-order valence-electron chi connectivity index (χ2n) is 15.8. The largest absolute Gasteiger partial charge is 0.497 e. The summed E-state index contributed by atoms with van der Waals surface area (Å²) < 4.78 is 23.8. The van der Waals surface area contributed by atoms with E-state index in [2.05, 4.69) is 23.5 Å².